The lowest BCUT2D eigenvalue weighted by atomic mass is 9.98. The van der Waals surface area contributed by atoms with Crippen LogP contribution in [-0.4, -0.2) is 37.4 Å². The summed E-state index contributed by atoms with van der Waals surface area (Å²) >= 11 is 0. The van der Waals surface area contributed by atoms with Crippen molar-refractivity contribution in [2.45, 2.75) is 89.3 Å². The topological polar surface area (TPSA) is 61.8 Å². The minimum Gasteiger partial charge on any atom is -0.462 e. The van der Waals surface area contributed by atoms with Gasteiger partial charge in [0.15, 0.2) is 0 Å². The van der Waals surface area contributed by atoms with Gasteiger partial charge in [-0.25, -0.2) is 0 Å². The molecule has 2 aliphatic carbocycles. The molecule has 0 aromatic carbocycles. The Morgan fingerprint density at radius 1 is 0.652 bits per heavy atom. The average molecular weight is 326 g/mol. The minimum atomic E-state index is -0.193. The van der Waals surface area contributed by atoms with E-state index in [9.17, 15) is 9.59 Å². The molecule has 0 spiro atoms. The van der Waals surface area contributed by atoms with Gasteiger partial charge in [0.05, 0.1) is 26.1 Å². The Hall–Kier alpha value is -1.10. The Balaban J connectivity index is 1.45. The van der Waals surface area contributed by atoms with Crippen molar-refractivity contribution in [3.05, 3.63) is 0 Å². The van der Waals surface area contributed by atoms with Gasteiger partial charge in [0.25, 0.3) is 0 Å². The highest BCUT2D eigenvalue weighted by Gasteiger charge is 2.18. The molecule has 0 N–H and O–H groups in total. The van der Waals surface area contributed by atoms with Crippen LogP contribution in [0.2, 0.25) is 0 Å². The van der Waals surface area contributed by atoms with E-state index in [0.29, 0.717) is 13.2 Å². The maximum atomic E-state index is 11.7. The van der Waals surface area contributed by atoms with Crippen molar-refractivity contribution in [3.8, 4) is 0 Å². The number of rotatable bonds is 8. The zero-order valence-corrected chi connectivity index (χ0v) is 14.1. The predicted molar refractivity (Wildman–Crippen MR) is 86.0 cm³/mol. The highest BCUT2D eigenvalue weighted by molar-refractivity contribution is 5.70. The molecule has 5 heteroatoms. The largest absolute Gasteiger partial charge is 0.462 e. The minimum absolute atomic E-state index is 0.0988. The Kier molecular flexibility index (Phi) is 8.43. The second-order valence-electron chi connectivity index (χ2n) is 6.61. The summed E-state index contributed by atoms with van der Waals surface area (Å²) in [5, 5.41) is 0. The number of carbonyl (C=O) groups excluding carboxylic acids is 2. The van der Waals surface area contributed by atoms with Gasteiger partial charge in [0, 0.05) is 0 Å². The fourth-order valence-electron chi connectivity index (χ4n) is 3.27. The van der Waals surface area contributed by atoms with Gasteiger partial charge in [0.1, 0.15) is 12.2 Å². The van der Waals surface area contributed by atoms with Crippen LogP contribution in [0.3, 0.4) is 0 Å². The van der Waals surface area contributed by atoms with Crippen LogP contribution in [0.15, 0.2) is 0 Å². The third-order valence-electron chi connectivity index (χ3n) is 4.60. The van der Waals surface area contributed by atoms with Crippen LogP contribution in [0.5, 0.6) is 0 Å². The third kappa shape index (κ3) is 7.82. The first-order valence-corrected chi connectivity index (χ1v) is 9.21. The van der Waals surface area contributed by atoms with E-state index >= 15 is 0 Å². The van der Waals surface area contributed by atoms with Crippen molar-refractivity contribution >= 4 is 11.9 Å². The van der Waals surface area contributed by atoms with Crippen LogP contribution >= 0.6 is 0 Å². The fourth-order valence-corrected chi connectivity index (χ4v) is 3.27. The molecule has 2 fully saturated rings. The molecule has 2 saturated carbocycles. The van der Waals surface area contributed by atoms with Crippen molar-refractivity contribution in [1.82, 2.24) is 0 Å². The van der Waals surface area contributed by atoms with Crippen LogP contribution in [0.1, 0.15) is 77.0 Å². The van der Waals surface area contributed by atoms with Crippen LogP contribution in [0.4, 0.5) is 0 Å². The molecule has 0 amide bonds. The summed E-state index contributed by atoms with van der Waals surface area (Å²) in [6, 6.07) is 0. The zero-order valence-electron chi connectivity index (χ0n) is 14.1. The summed E-state index contributed by atoms with van der Waals surface area (Å²) in [4.78, 5) is 23.4. The Morgan fingerprint density at radius 3 is 1.43 bits per heavy atom. The Labute approximate surface area is 139 Å². The second kappa shape index (κ2) is 10.6. The third-order valence-corrected chi connectivity index (χ3v) is 4.60. The van der Waals surface area contributed by atoms with Crippen molar-refractivity contribution in [2.24, 2.45) is 0 Å². The van der Waals surface area contributed by atoms with Crippen LogP contribution in [-0.2, 0) is 23.8 Å². The molecule has 0 heterocycles. The molecular weight excluding hydrogens is 296 g/mol. The summed E-state index contributed by atoms with van der Waals surface area (Å²) in [7, 11) is 0. The molecule has 2 rings (SSSR count). The second-order valence-corrected chi connectivity index (χ2v) is 6.61. The zero-order chi connectivity index (χ0) is 16.3. The lowest BCUT2D eigenvalue weighted by Crippen LogP contribution is -2.22. The molecule has 0 unspecified atom stereocenters. The van der Waals surface area contributed by atoms with Crippen LogP contribution in [0, 0.1) is 0 Å². The molecule has 0 radical (unpaired) electrons. The van der Waals surface area contributed by atoms with Gasteiger partial charge in [-0.3, -0.25) is 9.59 Å². The number of hydrogen-bond acceptors (Lipinski definition) is 5. The molecule has 0 bridgehead atoms. The van der Waals surface area contributed by atoms with Gasteiger partial charge in [-0.05, 0) is 51.4 Å². The summed E-state index contributed by atoms with van der Waals surface area (Å²) in [6.45, 7) is 0.616. The van der Waals surface area contributed by atoms with E-state index in [2.05, 4.69) is 0 Å². The van der Waals surface area contributed by atoms with Gasteiger partial charge in [0.2, 0.25) is 0 Å². The van der Waals surface area contributed by atoms with E-state index in [4.69, 9.17) is 14.2 Å². The smallest absolute Gasteiger partial charge is 0.308 e. The van der Waals surface area contributed by atoms with E-state index in [1.807, 2.05) is 0 Å². The maximum Gasteiger partial charge on any atom is 0.308 e. The molecule has 0 aromatic rings. The quantitative estimate of drug-likeness (QED) is 0.504. The van der Waals surface area contributed by atoms with Crippen molar-refractivity contribution < 1.29 is 23.8 Å². The average Bonchev–Trinajstić information content (AvgIpc) is 2.56. The van der Waals surface area contributed by atoms with Gasteiger partial charge in [-0.15, -0.1) is 0 Å². The predicted octanol–water partition coefficient (Wildman–Crippen LogP) is 3.54. The van der Waals surface area contributed by atoms with Gasteiger partial charge >= 0.3 is 11.9 Å². The van der Waals surface area contributed by atoms with E-state index < -0.39 is 0 Å². The Bertz CT molecular complexity index is 322. The normalized spacial score (nSPS) is 20.2. The summed E-state index contributed by atoms with van der Waals surface area (Å²) in [5.41, 5.74) is 0. The maximum absolute atomic E-state index is 11.7. The molecule has 0 saturated heterocycles. The van der Waals surface area contributed by atoms with Gasteiger partial charge < -0.3 is 14.2 Å². The monoisotopic (exact) mass is 326 g/mol. The summed E-state index contributed by atoms with van der Waals surface area (Å²) in [5.74, 6) is -0.386. The molecule has 132 valence electrons. The first-order chi connectivity index (χ1) is 11.2. The van der Waals surface area contributed by atoms with Crippen LogP contribution < -0.4 is 0 Å². The van der Waals surface area contributed by atoms with Crippen molar-refractivity contribution in [2.75, 3.05) is 13.2 Å². The molecule has 0 atom stereocenters. The SMILES string of the molecule is O=C(CCOCCC(=O)OC1CCCCC1)OC1CCCCC1. The number of ether oxygens (including phenoxy) is 3. The summed E-state index contributed by atoms with van der Waals surface area (Å²) in [6.07, 6.45) is 11.7. The van der Waals surface area contributed by atoms with Gasteiger partial charge in [-0.1, -0.05) is 12.8 Å². The van der Waals surface area contributed by atoms with E-state index in [0.717, 1.165) is 51.4 Å². The van der Waals surface area contributed by atoms with Crippen molar-refractivity contribution in [3.63, 3.8) is 0 Å². The highest BCUT2D eigenvalue weighted by atomic mass is 16.6. The van der Waals surface area contributed by atoms with Gasteiger partial charge in [-0.2, -0.15) is 0 Å². The molecule has 2 aliphatic rings. The number of esters is 2. The summed E-state index contributed by atoms with van der Waals surface area (Å²) < 4.78 is 16.2. The standard InChI is InChI=1S/C18H30O5/c19-17(22-15-7-3-1-4-8-15)11-13-21-14-12-18(20)23-16-9-5-2-6-10-16/h15-16H,1-14H2. The lowest BCUT2D eigenvalue weighted by Gasteiger charge is -2.22. The molecule has 23 heavy (non-hydrogen) atoms. The molecule has 0 aliphatic heterocycles. The fraction of sp³-hybridized carbons (Fsp3) is 0.889. The van der Waals surface area contributed by atoms with Crippen LogP contribution in [0.25, 0.3) is 0 Å². The van der Waals surface area contributed by atoms with E-state index in [-0.39, 0.29) is 37.0 Å². The number of carbonyl (C=O) groups is 2. The first-order valence-electron chi connectivity index (χ1n) is 9.21. The van der Waals surface area contributed by atoms with E-state index in [1.54, 1.807) is 0 Å². The molecule has 5 nitrogen and oxygen atoms in total. The highest BCUT2D eigenvalue weighted by Crippen LogP contribution is 2.21. The lowest BCUT2D eigenvalue weighted by molar-refractivity contribution is -0.152. The molecule has 0 aromatic heterocycles. The first kappa shape index (κ1) is 18.2. The Morgan fingerprint density at radius 2 is 1.04 bits per heavy atom. The van der Waals surface area contributed by atoms with E-state index in [1.165, 1.54) is 12.8 Å². The number of hydrogen-bond donors (Lipinski definition) is 0. The van der Waals surface area contributed by atoms with Crippen molar-refractivity contribution in [1.29, 1.82) is 0 Å². The molecular formula is C18H30O5.